The number of para-hydroxylation sites is 1. The second-order valence-electron chi connectivity index (χ2n) is 6.19. The first-order valence-electron chi connectivity index (χ1n) is 8.69. The van der Waals surface area contributed by atoms with Crippen LogP contribution in [-0.2, 0) is 6.42 Å². The Balaban J connectivity index is 1.62. The maximum atomic E-state index is 5.26. The van der Waals surface area contributed by atoms with Crippen molar-refractivity contribution in [2.45, 2.75) is 20.3 Å². The smallest absolute Gasteiger partial charge is 0.224 e. The Hall–Kier alpha value is -3.08. The van der Waals surface area contributed by atoms with E-state index in [0.717, 1.165) is 30.2 Å². The summed E-state index contributed by atoms with van der Waals surface area (Å²) in [6, 6.07) is 16.2. The van der Waals surface area contributed by atoms with Crippen molar-refractivity contribution < 1.29 is 4.74 Å². The molecule has 0 saturated carbocycles. The van der Waals surface area contributed by atoms with Crippen LogP contribution in [0.3, 0.4) is 0 Å². The van der Waals surface area contributed by atoms with Crippen LogP contribution in [0.2, 0.25) is 0 Å². The first-order chi connectivity index (χ1) is 12.7. The Labute approximate surface area is 154 Å². The van der Waals surface area contributed by atoms with Crippen molar-refractivity contribution in [3.63, 3.8) is 0 Å². The van der Waals surface area contributed by atoms with E-state index in [9.17, 15) is 0 Å². The lowest BCUT2D eigenvalue weighted by Crippen LogP contribution is -2.09. The van der Waals surface area contributed by atoms with Gasteiger partial charge in [-0.2, -0.15) is 4.98 Å². The fraction of sp³-hybridized carbons (Fsp3) is 0.238. The summed E-state index contributed by atoms with van der Waals surface area (Å²) in [5.74, 6) is 2.27. The molecular formula is C21H24N4O. The predicted molar refractivity (Wildman–Crippen MR) is 106 cm³/mol. The molecular weight excluding hydrogens is 324 g/mol. The average Bonchev–Trinajstić information content (AvgIpc) is 2.65. The zero-order valence-electron chi connectivity index (χ0n) is 15.4. The first-order valence-corrected chi connectivity index (χ1v) is 8.69. The highest BCUT2D eigenvalue weighted by Gasteiger charge is 2.05. The minimum atomic E-state index is 0.615. The minimum absolute atomic E-state index is 0.615. The van der Waals surface area contributed by atoms with Crippen LogP contribution < -0.4 is 15.4 Å². The molecule has 1 heterocycles. The molecule has 5 nitrogen and oxygen atoms in total. The predicted octanol–water partition coefficient (Wildman–Crippen LogP) is 4.50. The zero-order valence-corrected chi connectivity index (χ0v) is 15.4. The van der Waals surface area contributed by atoms with E-state index in [2.05, 4.69) is 58.7 Å². The largest absolute Gasteiger partial charge is 0.497 e. The summed E-state index contributed by atoms with van der Waals surface area (Å²) in [4.78, 5) is 8.86. The zero-order chi connectivity index (χ0) is 18.4. The van der Waals surface area contributed by atoms with Crippen molar-refractivity contribution in [3.8, 4) is 5.75 Å². The molecule has 0 unspecified atom stereocenters. The molecule has 3 aromatic rings. The molecule has 0 amide bonds. The van der Waals surface area contributed by atoms with E-state index in [1.54, 1.807) is 13.3 Å². The molecule has 0 aliphatic heterocycles. The van der Waals surface area contributed by atoms with Crippen LogP contribution in [0.4, 0.5) is 17.5 Å². The van der Waals surface area contributed by atoms with Gasteiger partial charge in [-0.05, 0) is 55.2 Å². The standard InChI is InChI=1S/C21H24N4O/c1-15-6-4-7-16(2)20(15)24-19-11-13-23-21(25-19)22-12-10-17-8-5-9-18(14-17)26-3/h4-9,11,13-14H,10,12H2,1-3H3,(H2,22,23,24,25). The van der Waals surface area contributed by atoms with E-state index in [1.165, 1.54) is 16.7 Å². The number of aromatic nitrogens is 2. The third-order valence-corrected chi connectivity index (χ3v) is 4.22. The second-order valence-corrected chi connectivity index (χ2v) is 6.19. The van der Waals surface area contributed by atoms with Gasteiger partial charge in [0.25, 0.3) is 0 Å². The van der Waals surface area contributed by atoms with Crippen LogP contribution in [0.25, 0.3) is 0 Å². The van der Waals surface area contributed by atoms with E-state index >= 15 is 0 Å². The van der Waals surface area contributed by atoms with Crippen molar-refractivity contribution >= 4 is 17.5 Å². The third kappa shape index (κ3) is 4.51. The Morgan fingerprint density at radius 3 is 2.54 bits per heavy atom. The van der Waals surface area contributed by atoms with Gasteiger partial charge >= 0.3 is 0 Å². The molecule has 26 heavy (non-hydrogen) atoms. The molecule has 0 aliphatic rings. The molecule has 2 aromatic carbocycles. The fourth-order valence-electron chi connectivity index (χ4n) is 2.80. The summed E-state index contributed by atoms with van der Waals surface area (Å²) in [6.45, 7) is 4.92. The van der Waals surface area contributed by atoms with Gasteiger partial charge in [-0.1, -0.05) is 30.3 Å². The van der Waals surface area contributed by atoms with Gasteiger partial charge in [0.15, 0.2) is 0 Å². The molecule has 5 heteroatoms. The van der Waals surface area contributed by atoms with Gasteiger partial charge < -0.3 is 15.4 Å². The van der Waals surface area contributed by atoms with Crippen molar-refractivity contribution in [3.05, 3.63) is 71.4 Å². The normalized spacial score (nSPS) is 10.4. The number of methoxy groups -OCH3 is 1. The van der Waals surface area contributed by atoms with Gasteiger partial charge in [0.05, 0.1) is 7.11 Å². The first kappa shape index (κ1) is 17.7. The summed E-state index contributed by atoms with van der Waals surface area (Å²) in [5.41, 5.74) is 4.68. The Morgan fingerprint density at radius 2 is 1.77 bits per heavy atom. The van der Waals surface area contributed by atoms with Gasteiger partial charge in [0.1, 0.15) is 11.6 Å². The quantitative estimate of drug-likeness (QED) is 0.658. The minimum Gasteiger partial charge on any atom is -0.497 e. The Morgan fingerprint density at radius 1 is 1.00 bits per heavy atom. The molecule has 134 valence electrons. The summed E-state index contributed by atoms with van der Waals surface area (Å²) < 4.78 is 5.26. The number of hydrogen-bond donors (Lipinski definition) is 2. The molecule has 3 rings (SSSR count). The molecule has 0 saturated heterocycles. The van der Waals surface area contributed by atoms with Crippen LogP contribution in [0.15, 0.2) is 54.7 Å². The van der Waals surface area contributed by atoms with Crippen molar-refractivity contribution in [2.75, 3.05) is 24.3 Å². The number of ether oxygens (including phenoxy) is 1. The van der Waals surface area contributed by atoms with E-state index < -0.39 is 0 Å². The maximum absolute atomic E-state index is 5.26. The number of benzene rings is 2. The van der Waals surface area contributed by atoms with Crippen molar-refractivity contribution in [1.29, 1.82) is 0 Å². The van der Waals surface area contributed by atoms with Crippen molar-refractivity contribution in [1.82, 2.24) is 9.97 Å². The lowest BCUT2D eigenvalue weighted by Gasteiger charge is -2.13. The Kier molecular flexibility index (Phi) is 5.69. The van der Waals surface area contributed by atoms with E-state index in [4.69, 9.17) is 4.74 Å². The fourth-order valence-corrected chi connectivity index (χ4v) is 2.80. The average molecular weight is 348 g/mol. The van der Waals surface area contributed by atoms with Gasteiger partial charge in [-0.15, -0.1) is 0 Å². The highest BCUT2D eigenvalue weighted by molar-refractivity contribution is 5.64. The molecule has 0 atom stereocenters. The van der Waals surface area contributed by atoms with Crippen LogP contribution in [0.5, 0.6) is 5.75 Å². The number of nitrogens with zero attached hydrogens (tertiary/aromatic N) is 2. The number of nitrogens with one attached hydrogen (secondary N) is 2. The van der Waals surface area contributed by atoms with Gasteiger partial charge in [-0.25, -0.2) is 4.98 Å². The van der Waals surface area contributed by atoms with Gasteiger partial charge in [0.2, 0.25) is 5.95 Å². The highest BCUT2D eigenvalue weighted by Crippen LogP contribution is 2.23. The summed E-state index contributed by atoms with van der Waals surface area (Å²) >= 11 is 0. The number of hydrogen-bond acceptors (Lipinski definition) is 5. The molecule has 0 radical (unpaired) electrons. The number of rotatable bonds is 7. The molecule has 0 aliphatic carbocycles. The molecule has 2 N–H and O–H groups in total. The van der Waals surface area contributed by atoms with E-state index in [-0.39, 0.29) is 0 Å². The van der Waals surface area contributed by atoms with Gasteiger partial charge in [-0.3, -0.25) is 0 Å². The second kappa shape index (κ2) is 8.34. The maximum Gasteiger partial charge on any atom is 0.224 e. The SMILES string of the molecule is COc1cccc(CCNc2nccc(Nc3c(C)cccc3C)n2)c1. The summed E-state index contributed by atoms with van der Waals surface area (Å²) in [6.07, 6.45) is 2.63. The topological polar surface area (TPSA) is 59.1 Å². The molecule has 0 fully saturated rings. The van der Waals surface area contributed by atoms with Crippen LogP contribution in [-0.4, -0.2) is 23.6 Å². The van der Waals surface area contributed by atoms with Crippen LogP contribution in [0, 0.1) is 13.8 Å². The number of aryl methyl sites for hydroxylation is 2. The van der Waals surface area contributed by atoms with Crippen LogP contribution in [0.1, 0.15) is 16.7 Å². The molecule has 1 aromatic heterocycles. The molecule has 0 spiro atoms. The van der Waals surface area contributed by atoms with E-state index in [1.807, 2.05) is 24.3 Å². The van der Waals surface area contributed by atoms with Crippen LogP contribution >= 0.6 is 0 Å². The van der Waals surface area contributed by atoms with Crippen molar-refractivity contribution in [2.24, 2.45) is 0 Å². The lowest BCUT2D eigenvalue weighted by molar-refractivity contribution is 0.414. The Bertz CT molecular complexity index is 859. The highest BCUT2D eigenvalue weighted by atomic mass is 16.5. The van der Waals surface area contributed by atoms with Gasteiger partial charge in [0, 0.05) is 18.4 Å². The monoisotopic (exact) mass is 348 g/mol. The third-order valence-electron chi connectivity index (χ3n) is 4.22. The lowest BCUT2D eigenvalue weighted by atomic mass is 10.1. The summed E-state index contributed by atoms with van der Waals surface area (Å²) in [7, 11) is 1.68. The number of anilines is 3. The van der Waals surface area contributed by atoms with E-state index in [0.29, 0.717) is 5.95 Å². The summed E-state index contributed by atoms with van der Waals surface area (Å²) in [5, 5.41) is 6.68. The molecule has 0 bridgehead atoms.